The molecular weight excluding hydrogens is 396 g/mol. The van der Waals surface area contributed by atoms with Crippen LogP contribution in [0.5, 0.6) is 0 Å². The average molecular weight is 411 g/mol. The number of thiazole rings is 1. The Balaban J connectivity index is 1.82. The van der Waals surface area contributed by atoms with Crippen LogP contribution < -0.4 is 5.73 Å². The zero-order chi connectivity index (χ0) is 19.7. The first-order valence-electron chi connectivity index (χ1n) is 8.32. The Labute approximate surface area is 170 Å². The highest BCUT2D eigenvalue weighted by Gasteiger charge is 2.25. The smallest absolute Gasteiger partial charge is 0.358 e. The van der Waals surface area contributed by atoms with Gasteiger partial charge >= 0.3 is 5.97 Å². The summed E-state index contributed by atoms with van der Waals surface area (Å²) in [7, 11) is 1.31. The molecule has 0 radical (unpaired) electrons. The van der Waals surface area contributed by atoms with Gasteiger partial charge in [0.25, 0.3) is 0 Å². The van der Waals surface area contributed by atoms with E-state index in [1.807, 2.05) is 60.0 Å². The molecule has 28 heavy (non-hydrogen) atoms. The highest BCUT2D eigenvalue weighted by molar-refractivity contribution is 7.13. The van der Waals surface area contributed by atoms with Crippen molar-refractivity contribution in [3.63, 3.8) is 0 Å². The van der Waals surface area contributed by atoms with Gasteiger partial charge in [0.1, 0.15) is 10.7 Å². The predicted molar refractivity (Wildman–Crippen MR) is 111 cm³/mol. The van der Waals surface area contributed by atoms with Crippen molar-refractivity contribution in [3.8, 4) is 27.6 Å². The number of carbonyl (C=O) groups excluding carboxylic acids is 1. The first-order chi connectivity index (χ1) is 13.6. The summed E-state index contributed by atoms with van der Waals surface area (Å²) in [6.45, 7) is 0. The standard InChI is InChI=1S/C20H15ClN4O2S/c1-27-20(26)18-16(22)17(24-25(18)14-5-3-2-4-6-14)19-23-15(11-28-19)12-7-9-13(21)10-8-12/h2-11H,22H2,1H3. The molecule has 4 rings (SSSR count). The number of nitrogens with two attached hydrogens (primary N) is 1. The molecule has 0 atom stereocenters. The lowest BCUT2D eigenvalue weighted by atomic mass is 10.2. The second-order valence-corrected chi connectivity index (χ2v) is 7.19. The van der Waals surface area contributed by atoms with Gasteiger partial charge in [-0.2, -0.15) is 5.10 Å². The summed E-state index contributed by atoms with van der Waals surface area (Å²) < 4.78 is 6.39. The number of esters is 1. The monoisotopic (exact) mass is 410 g/mol. The topological polar surface area (TPSA) is 83.0 Å². The lowest BCUT2D eigenvalue weighted by Gasteiger charge is -2.05. The number of benzene rings is 2. The van der Waals surface area contributed by atoms with Crippen molar-refractivity contribution in [3.05, 3.63) is 70.7 Å². The van der Waals surface area contributed by atoms with Crippen LogP contribution in [-0.2, 0) is 4.74 Å². The number of anilines is 1. The number of nitrogen functional groups attached to an aromatic ring is 1. The molecule has 0 spiro atoms. The van der Waals surface area contributed by atoms with Gasteiger partial charge < -0.3 is 10.5 Å². The molecule has 6 nitrogen and oxygen atoms in total. The van der Waals surface area contributed by atoms with E-state index in [0.717, 1.165) is 11.3 Å². The number of nitrogens with zero attached hydrogens (tertiary/aromatic N) is 3. The minimum absolute atomic E-state index is 0.173. The van der Waals surface area contributed by atoms with Crippen molar-refractivity contribution in [2.45, 2.75) is 0 Å². The van der Waals surface area contributed by atoms with Crippen molar-refractivity contribution < 1.29 is 9.53 Å². The molecule has 0 aliphatic rings. The van der Waals surface area contributed by atoms with E-state index in [2.05, 4.69) is 10.1 Å². The zero-order valence-corrected chi connectivity index (χ0v) is 16.4. The Hall–Kier alpha value is -3.16. The largest absolute Gasteiger partial charge is 0.464 e. The molecule has 0 saturated heterocycles. The Morgan fingerprint density at radius 1 is 1.14 bits per heavy atom. The lowest BCUT2D eigenvalue weighted by Crippen LogP contribution is -2.12. The summed E-state index contributed by atoms with van der Waals surface area (Å²) in [6, 6.07) is 16.7. The molecule has 0 fully saturated rings. The fourth-order valence-corrected chi connectivity index (χ4v) is 3.72. The molecule has 0 saturated carbocycles. The van der Waals surface area contributed by atoms with Crippen LogP contribution in [0.2, 0.25) is 5.02 Å². The van der Waals surface area contributed by atoms with Gasteiger partial charge in [0.2, 0.25) is 0 Å². The number of hydrogen-bond acceptors (Lipinski definition) is 6. The number of para-hydroxylation sites is 1. The molecule has 2 heterocycles. The van der Waals surface area contributed by atoms with Gasteiger partial charge in [0.15, 0.2) is 5.69 Å². The summed E-state index contributed by atoms with van der Waals surface area (Å²) >= 11 is 7.35. The van der Waals surface area contributed by atoms with E-state index in [-0.39, 0.29) is 11.4 Å². The van der Waals surface area contributed by atoms with Gasteiger partial charge in [-0.15, -0.1) is 11.3 Å². The van der Waals surface area contributed by atoms with E-state index in [4.69, 9.17) is 22.1 Å². The summed E-state index contributed by atoms with van der Waals surface area (Å²) in [5.41, 5.74) is 9.54. The Morgan fingerprint density at radius 2 is 1.86 bits per heavy atom. The van der Waals surface area contributed by atoms with Crippen LogP contribution in [0, 0.1) is 0 Å². The molecule has 2 aromatic carbocycles. The fourth-order valence-electron chi connectivity index (χ4n) is 2.77. The number of ether oxygens (including phenoxy) is 1. The number of halogens is 1. The molecule has 0 unspecified atom stereocenters. The quantitative estimate of drug-likeness (QED) is 0.493. The third-order valence-corrected chi connectivity index (χ3v) is 5.25. The predicted octanol–water partition coefficient (Wildman–Crippen LogP) is 4.69. The van der Waals surface area contributed by atoms with E-state index in [0.29, 0.717) is 21.4 Å². The van der Waals surface area contributed by atoms with E-state index in [1.54, 1.807) is 0 Å². The summed E-state index contributed by atoms with van der Waals surface area (Å²) in [4.78, 5) is 17.0. The van der Waals surface area contributed by atoms with Crippen LogP contribution >= 0.6 is 22.9 Å². The first-order valence-corrected chi connectivity index (χ1v) is 9.58. The molecule has 8 heteroatoms. The highest BCUT2D eigenvalue weighted by Crippen LogP contribution is 2.34. The third kappa shape index (κ3) is 3.26. The van der Waals surface area contributed by atoms with Crippen LogP contribution in [0.3, 0.4) is 0 Å². The number of aromatic nitrogens is 3. The van der Waals surface area contributed by atoms with Crippen molar-refractivity contribution in [1.82, 2.24) is 14.8 Å². The van der Waals surface area contributed by atoms with Crippen molar-refractivity contribution in [1.29, 1.82) is 0 Å². The molecule has 2 N–H and O–H groups in total. The van der Waals surface area contributed by atoms with Gasteiger partial charge in [0.05, 0.1) is 24.2 Å². The molecule has 0 aliphatic carbocycles. The Bertz CT molecular complexity index is 1140. The SMILES string of the molecule is COC(=O)c1c(N)c(-c2nc(-c3ccc(Cl)cc3)cs2)nn1-c1ccccc1. The van der Waals surface area contributed by atoms with Gasteiger partial charge in [0, 0.05) is 16.0 Å². The van der Waals surface area contributed by atoms with E-state index >= 15 is 0 Å². The second-order valence-electron chi connectivity index (χ2n) is 5.89. The van der Waals surface area contributed by atoms with Crippen LogP contribution in [0.15, 0.2) is 60.0 Å². The molecular formula is C20H15ClN4O2S. The second kappa shape index (κ2) is 7.46. The van der Waals surface area contributed by atoms with Crippen molar-refractivity contribution in [2.24, 2.45) is 0 Å². The van der Waals surface area contributed by atoms with Crippen molar-refractivity contribution >= 4 is 34.6 Å². The fraction of sp³-hybridized carbons (Fsp3) is 0.0500. The van der Waals surface area contributed by atoms with Crippen LogP contribution in [0.25, 0.3) is 27.6 Å². The minimum atomic E-state index is -0.561. The van der Waals surface area contributed by atoms with Crippen LogP contribution in [0.4, 0.5) is 5.69 Å². The molecule has 140 valence electrons. The maximum atomic E-state index is 12.3. The molecule has 0 bridgehead atoms. The number of methoxy groups -OCH3 is 1. The van der Waals surface area contributed by atoms with Crippen molar-refractivity contribution in [2.75, 3.05) is 12.8 Å². The molecule has 2 aromatic heterocycles. The van der Waals surface area contributed by atoms with E-state index in [1.165, 1.54) is 23.1 Å². The van der Waals surface area contributed by atoms with Crippen LogP contribution in [-0.4, -0.2) is 27.8 Å². The molecule has 4 aromatic rings. The number of carbonyl (C=O) groups is 1. The molecule has 0 aliphatic heterocycles. The summed E-state index contributed by atoms with van der Waals surface area (Å²) in [5, 5.41) is 7.75. The third-order valence-electron chi connectivity index (χ3n) is 4.15. The summed E-state index contributed by atoms with van der Waals surface area (Å²) in [6.07, 6.45) is 0. The zero-order valence-electron chi connectivity index (χ0n) is 14.8. The van der Waals surface area contributed by atoms with Gasteiger partial charge in [-0.05, 0) is 24.3 Å². The summed E-state index contributed by atoms with van der Waals surface area (Å²) in [5.74, 6) is -0.561. The average Bonchev–Trinajstić information content (AvgIpc) is 3.33. The van der Waals surface area contributed by atoms with Gasteiger partial charge in [-0.25, -0.2) is 14.5 Å². The number of rotatable bonds is 4. The first kappa shape index (κ1) is 18.2. The van der Waals surface area contributed by atoms with Gasteiger partial charge in [-0.3, -0.25) is 0 Å². The lowest BCUT2D eigenvalue weighted by molar-refractivity contribution is 0.0591. The maximum Gasteiger partial charge on any atom is 0.358 e. The van der Waals surface area contributed by atoms with Crippen LogP contribution in [0.1, 0.15) is 10.5 Å². The normalized spacial score (nSPS) is 10.8. The van der Waals surface area contributed by atoms with E-state index in [9.17, 15) is 4.79 Å². The molecule has 0 amide bonds. The Kier molecular flexibility index (Phi) is 4.85. The Morgan fingerprint density at radius 3 is 2.54 bits per heavy atom. The highest BCUT2D eigenvalue weighted by atomic mass is 35.5. The van der Waals surface area contributed by atoms with Gasteiger partial charge in [-0.1, -0.05) is 41.9 Å². The van der Waals surface area contributed by atoms with E-state index < -0.39 is 5.97 Å². The number of hydrogen-bond donors (Lipinski definition) is 1. The maximum absolute atomic E-state index is 12.3. The minimum Gasteiger partial charge on any atom is -0.464 e.